The second kappa shape index (κ2) is 10.1. The van der Waals surface area contributed by atoms with Crippen LogP contribution in [0.4, 0.5) is 5.13 Å². The number of hydrogen-bond donors (Lipinski definition) is 1. The first kappa shape index (κ1) is 26.2. The molecule has 1 aliphatic heterocycles. The number of nitrogens with zero attached hydrogens (tertiary/aromatic N) is 2. The van der Waals surface area contributed by atoms with Gasteiger partial charge in [0.05, 0.1) is 37.1 Å². The second-order valence-electron chi connectivity index (χ2n) is 9.39. The summed E-state index contributed by atoms with van der Waals surface area (Å²) in [4.78, 5) is 33.5. The van der Waals surface area contributed by atoms with Gasteiger partial charge in [0.2, 0.25) is 0 Å². The molecule has 4 aromatic rings. The molecule has 0 bridgehead atoms. The van der Waals surface area contributed by atoms with Gasteiger partial charge in [-0.3, -0.25) is 14.5 Å². The molecule has 39 heavy (non-hydrogen) atoms. The summed E-state index contributed by atoms with van der Waals surface area (Å²) < 4.78 is 17.3. The van der Waals surface area contributed by atoms with Crippen molar-refractivity contribution < 1.29 is 28.9 Å². The van der Waals surface area contributed by atoms with Gasteiger partial charge in [0.15, 0.2) is 5.13 Å². The molecule has 1 aromatic heterocycles. The van der Waals surface area contributed by atoms with Crippen LogP contribution in [0.15, 0.2) is 54.1 Å². The highest BCUT2D eigenvalue weighted by molar-refractivity contribution is 7.22. The molecule has 1 fully saturated rings. The van der Waals surface area contributed by atoms with Crippen LogP contribution in [0.1, 0.15) is 33.9 Å². The fourth-order valence-electron chi connectivity index (χ4n) is 5.02. The first-order chi connectivity index (χ1) is 18.7. The molecule has 5 rings (SSSR count). The third kappa shape index (κ3) is 4.38. The van der Waals surface area contributed by atoms with Crippen LogP contribution >= 0.6 is 11.3 Å². The number of fused-ring (bicyclic) bond motifs is 1. The molecule has 8 nitrogen and oxygen atoms in total. The molecule has 0 spiro atoms. The molecule has 3 aromatic carbocycles. The van der Waals surface area contributed by atoms with E-state index >= 15 is 0 Å². The SMILES string of the molecule is COc1ccc(OC)c([C@@H]2C(=C(O)c3ccc(OC)c(C)c3)C(=O)C(=O)N2c2nc3c(C)cc(C)cc3s2)c1. The van der Waals surface area contributed by atoms with Crippen molar-refractivity contribution >= 4 is 44.1 Å². The van der Waals surface area contributed by atoms with Gasteiger partial charge in [-0.1, -0.05) is 17.4 Å². The van der Waals surface area contributed by atoms with Gasteiger partial charge in [0.1, 0.15) is 29.0 Å². The van der Waals surface area contributed by atoms with Crippen LogP contribution in [-0.2, 0) is 9.59 Å². The van der Waals surface area contributed by atoms with Crippen molar-refractivity contribution in [3.8, 4) is 17.2 Å². The van der Waals surface area contributed by atoms with Crippen molar-refractivity contribution in [3.05, 3.63) is 81.9 Å². The van der Waals surface area contributed by atoms with Crippen LogP contribution < -0.4 is 19.1 Å². The number of hydrogen-bond acceptors (Lipinski definition) is 8. The van der Waals surface area contributed by atoms with Gasteiger partial charge in [-0.05, 0) is 79.9 Å². The maximum Gasteiger partial charge on any atom is 0.301 e. The van der Waals surface area contributed by atoms with E-state index in [-0.39, 0.29) is 11.3 Å². The fraction of sp³-hybridized carbons (Fsp3) is 0.233. The molecular formula is C30H28N2O6S. The molecule has 1 aliphatic rings. The second-order valence-corrected chi connectivity index (χ2v) is 10.4. The summed E-state index contributed by atoms with van der Waals surface area (Å²) in [5, 5.41) is 11.9. The average Bonchev–Trinajstić information content (AvgIpc) is 3.46. The molecule has 0 aliphatic carbocycles. The Morgan fingerprint density at radius 1 is 0.897 bits per heavy atom. The Morgan fingerprint density at radius 2 is 1.62 bits per heavy atom. The first-order valence-corrected chi connectivity index (χ1v) is 13.1. The van der Waals surface area contributed by atoms with Crippen LogP contribution in [0.5, 0.6) is 17.2 Å². The summed E-state index contributed by atoms with van der Waals surface area (Å²) in [5.74, 6) is -0.332. The van der Waals surface area contributed by atoms with Gasteiger partial charge in [-0.15, -0.1) is 0 Å². The van der Waals surface area contributed by atoms with Gasteiger partial charge < -0.3 is 19.3 Å². The van der Waals surface area contributed by atoms with Crippen molar-refractivity contribution in [2.24, 2.45) is 0 Å². The number of Topliss-reactive ketones (excluding diaryl/α,β-unsaturated/α-hetero) is 1. The number of benzene rings is 3. The highest BCUT2D eigenvalue weighted by Crippen LogP contribution is 2.47. The van der Waals surface area contributed by atoms with Crippen LogP contribution in [0.25, 0.3) is 16.0 Å². The number of thiazole rings is 1. The molecule has 1 amide bonds. The largest absolute Gasteiger partial charge is 0.507 e. The van der Waals surface area contributed by atoms with Gasteiger partial charge in [-0.25, -0.2) is 4.98 Å². The van der Waals surface area contributed by atoms with Crippen molar-refractivity contribution in [2.45, 2.75) is 26.8 Å². The summed E-state index contributed by atoms with van der Waals surface area (Å²) >= 11 is 1.32. The average molecular weight is 545 g/mol. The van der Waals surface area contributed by atoms with E-state index in [1.165, 1.54) is 30.5 Å². The predicted molar refractivity (Wildman–Crippen MR) is 151 cm³/mol. The summed E-state index contributed by atoms with van der Waals surface area (Å²) in [6, 6.07) is 13.2. The van der Waals surface area contributed by atoms with E-state index in [2.05, 4.69) is 0 Å². The minimum atomic E-state index is -1.01. The lowest BCUT2D eigenvalue weighted by Gasteiger charge is -2.25. The lowest BCUT2D eigenvalue weighted by atomic mass is 9.94. The number of aryl methyl sites for hydroxylation is 3. The van der Waals surface area contributed by atoms with Crippen molar-refractivity contribution in [1.29, 1.82) is 0 Å². The summed E-state index contributed by atoms with van der Waals surface area (Å²) in [6.45, 7) is 5.79. The van der Waals surface area contributed by atoms with E-state index < -0.39 is 17.7 Å². The summed E-state index contributed by atoms with van der Waals surface area (Å²) in [7, 11) is 4.60. The highest BCUT2D eigenvalue weighted by Gasteiger charge is 2.49. The third-order valence-electron chi connectivity index (χ3n) is 6.87. The number of carbonyl (C=O) groups is 2. The van der Waals surface area contributed by atoms with Gasteiger partial charge >= 0.3 is 5.91 Å². The van der Waals surface area contributed by atoms with E-state index in [9.17, 15) is 14.7 Å². The number of aliphatic hydroxyl groups excluding tert-OH is 1. The minimum absolute atomic E-state index is 0.0664. The number of carbonyl (C=O) groups excluding carboxylic acids is 2. The molecule has 1 atom stereocenters. The van der Waals surface area contributed by atoms with Crippen molar-refractivity contribution in [3.63, 3.8) is 0 Å². The Morgan fingerprint density at radius 3 is 2.28 bits per heavy atom. The quantitative estimate of drug-likeness (QED) is 0.184. The van der Waals surface area contributed by atoms with Crippen LogP contribution in [0.3, 0.4) is 0 Å². The smallest absolute Gasteiger partial charge is 0.301 e. The topological polar surface area (TPSA) is 98.2 Å². The maximum absolute atomic E-state index is 13.7. The minimum Gasteiger partial charge on any atom is -0.507 e. The molecule has 2 heterocycles. The van der Waals surface area contributed by atoms with E-state index in [0.717, 1.165) is 26.9 Å². The lowest BCUT2D eigenvalue weighted by molar-refractivity contribution is -0.132. The fourth-order valence-corrected chi connectivity index (χ4v) is 6.19. The molecule has 1 saturated heterocycles. The normalized spacial score (nSPS) is 16.7. The van der Waals surface area contributed by atoms with Crippen LogP contribution in [0, 0.1) is 20.8 Å². The Balaban J connectivity index is 1.79. The number of aromatic nitrogens is 1. The van der Waals surface area contributed by atoms with Gasteiger partial charge in [-0.2, -0.15) is 0 Å². The van der Waals surface area contributed by atoms with E-state index in [4.69, 9.17) is 19.2 Å². The zero-order valence-electron chi connectivity index (χ0n) is 22.5. The Bertz CT molecular complexity index is 1670. The Kier molecular flexibility index (Phi) is 6.78. The summed E-state index contributed by atoms with van der Waals surface area (Å²) in [6.07, 6.45) is 0. The number of amides is 1. The molecule has 0 saturated carbocycles. The van der Waals surface area contributed by atoms with E-state index in [0.29, 0.717) is 33.5 Å². The predicted octanol–water partition coefficient (Wildman–Crippen LogP) is 5.87. The monoisotopic (exact) mass is 544 g/mol. The number of ketones is 1. The molecule has 1 N–H and O–H groups in total. The number of aliphatic hydroxyl groups is 1. The van der Waals surface area contributed by atoms with E-state index in [1.54, 1.807) is 43.5 Å². The number of ether oxygens (including phenoxy) is 3. The molecular weight excluding hydrogens is 516 g/mol. The molecule has 9 heteroatoms. The molecule has 200 valence electrons. The van der Waals surface area contributed by atoms with E-state index in [1.807, 2.05) is 32.9 Å². The van der Waals surface area contributed by atoms with Gasteiger partial charge in [0.25, 0.3) is 5.78 Å². The number of rotatable bonds is 6. The summed E-state index contributed by atoms with van der Waals surface area (Å²) in [5.41, 5.74) is 4.35. The lowest BCUT2D eigenvalue weighted by Crippen LogP contribution is -2.29. The van der Waals surface area contributed by atoms with Crippen molar-refractivity contribution in [2.75, 3.05) is 26.2 Å². The molecule has 0 unspecified atom stereocenters. The zero-order valence-corrected chi connectivity index (χ0v) is 23.3. The first-order valence-electron chi connectivity index (χ1n) is 12.2. The number of methoxy groups -OCH3 is 3. The van der Waals surface area contributed by atoms with Crippen LogP contribution in [0.2, 0.25) is 0 Å². The molecule has 0 radical (unpaired) electrons. The third-order valence-corrected chi connectivity index (χ3v) is 7.87. The van der Waals surface area contributed by atoms with Crippen molar-refractivity contribution in [1.82, 2.24) is 4.98 Å². The van der Waals surface area contributed by atoms with Gasteiger partial charge in [0, 0.05) is 11.1 Å². The number of anilines is 1. The Labute approximate surface area is 230 Å². The Hall–Kier alpha value is -4.37. The standard InChI is InChI=1S/C30H28N2O6S/c1-15-11-17(3)25-23(12-15)39-30(31-25)32-26(20-14-19(36-4)8-10-22(20)38-6)24(28(34)29(32)35)27(33)18-7-9-21(37-5)16(2)13-18/h7-14,26,33H,1-6H3/t26-/m1/s1. The maximum atomic E-state index is 13.7. The zero-order chi connectivity index (χ0) is 28.0. The van der Waals surface area contributed by atoms with Crippen LogP contribution in [-0.4, -0.2) is 43.1 Å². The highest BCUT2D eigenvalue weighted by atomic mass is 32.1.